The fourth-order valence-electron chi connectivity index (χ4n) is 3.32. The Morgan fingerprint density at radius 1 is 1.32 bits per heavy atom. The van der Waals surface area contributed by atoms with Gasteiger partial charge in [-0.15, -0.1) is 11.3 Å². The zero-order valence-corrected chi connectivity index (χ0v) is 12.3. The number of piperidine rings is 1. The van der Waals surface area contributed by atoms with Gasteiger partial charge in [-0.25, -0.2) is 0 Å². The number of amides is 1. The normalized spacial score (nSPS) is 24.9. The van der Waals surface area contributed by atoms with Gasteiger partial charge in [-0.2, -0.15) is 0 Å². The molecule has 2 aliphatic rings. The van der Waals surface area contributed by atoms with Gasteiger partial charge in [0.05, 0.1) is 4.88 Å². The summed E-state index contributed by atoms with van der Waals surface area (Å²) in [5, 5.41) is 3.60. The third kappa shape index (κ3) is 2.84. The van der Waals surface area contributed by atoms with E-state index in [9.17, 15) is 4.79 Å². The summed E-state index contributed by atoms with van der Waals surface area (Å²) < 4.78 is 0. The van der Waals surface area contributed by atoms with Gasteiger partial charge in [0.25, 0.3) is 5.91 Å². The van der Waals surface area contributed by atoms with E-state index in [0.717, 1.165) is 36.7 Å². The lowest BCUT2D eigenvalue weighted by Gasteiger charge is -2.34. The van der Waals surface area contributed by atoms with Gasteiger partial charge in [-0.1, -0.05) is 0 Å². The molecule has 0 aliphatic carbocycles. The van der Waals surface area contributed by atoms with Crippen LogP contribution in [-0.4, -0.2) is 36.5 Å². The van der Waals surface area contributed by atoms with Crippen LogP contribution in [0.1, 0.15) is 40.2 Å². The molecule has 3 heterocycles. The van der Waals surface area contributed by atoms with Crippen molar-refractivity contribution in [1.82, 2.24) is 10.2 Å². The molecule has 1 aromatic rings. The molecule has 0 saturated carbocycles. The third-order valence-electron chi connectivity index (χ3n) is 4.45. The minimum Gasteiger partial charge on any atom is -0.338 e. The number of carbonyl (C=O) groups is 1. The van der Waals surface area contributed by atoms with Gasteiger partial charge in [0.1, 0.15) is 0 Å². The van der Waals surface area contributed by atoms with Crippen molar-refractivity contribution < 1.29 is 4.79 Å². The number of carbonyl (C=O) groups excluding carboxylic acids is 1. The highest BCUT2D eigenvalue weighted by atomic mass is 32.1. The molecule has 1 amide bonds. The Bertz CT molecular complexity index is 443. The summed E-state index contributed by atoms with van der Waals surface area (Å²) in [5.74, 6) is 1.01. The van der Waals surface area contributed by atoms with Gasteiger partial charge in [0.15, 0.2) is 0 Å². The molecule has 2 fully saturated rings. The predicted octanol–water partition coefficient (Wildman–Crippen LogP) is 2.66. The minimum absolute atomic E-state index is 0.232. The van der Waals surface area contributed by atoms with Crippen molar-refractivity contribution in [3.05, 3.63) is 21.9 Å². The first kappa shape index (κ1) is 13.1. The summed E-state index contributed by atoms with van der Waals surface area (Å²) in [6.45, 7) is 5.09. The second-order valence-electron chi connectivity index (χ2n) is 5.74. The number of thiophene rings is 1. The number of hydrogen-bond donors (Lipinski definition) is 1. The summed E-state index contributed by atoms with van der Waals surface area (Å²) >= 11 is 1.61. The van der Waals surface area contributed by atoms with Crippen molar-refractivity contribution in [2.75, 3.05) is 19.6 Å². The molecule has 3 rings (SSSR count). The van der Waals surface area contributed by atoms with Gasteiger partial charge >= 0.3 is 0 Å². The number of nitrogens with zero attached hydrogens (tertiary/aromatic N) is 1. The molecule has 2 aliphatic heterocycles. The molecular weight excluding hydrogens is 256 g/mol. The maximum Gasteiger partial charge on any atom is 0.263 e. The van der Waals surface area contributed by atoms with Gasteiger partial charge in [0, 0.05) is 24.0 Å². The topological polar surface area (TPSA) is 32.3 Å². The van der Waals surface area contributed by atoms with Crippen LogP contribution in [-0.2, 0) is 0 Å². The second-order valence-corrected chi connectivity index (χ2v) is 7.03. The third-order valence-corrected chi connectivity index (χ3v) is 5.43. The SMILES string of the molecule is Cc1ccc(C(=O)N2CCC(C3CCCN3)CC2)s1. The van der Waals surface area contributed by atoms with Crippen LogP contribution in [0.25, 0.3) is 0 Å². The van der Waals surface area contributed by atoms with E-state index in [-0.39, 0.29) is 5.91 Å². The van der Waals surface area contributed by atoms with Crippen LogP contribution >= 0.6 is 11.3 Å². The first-order valence-corrected chi connectivity index (χ1v) is 8.15. The van der Waals surface area contributed by atoms with Crippen LogP contribution in [0.3, 0.4) is 0 Å². The van der Waals surface area contributed by atoms with E-state index in [1.807, 2.05) is 17.0 Å². The van der Waals surface area contributed by atoms with Crippen molar-refractivity contribution in [3.8, 4) is 0 Å². The zero-order chi connectivity index (χ0) is 13.2. The number of hydrogen-bond acceptors (Lipinski definition) is 3. The van der Waals surface area contributed by atoms with Crippen LogP contribution in [0, 0.1) is 12.8 Å². The molecule has 1 unspecified atom stereocenters. The van der Waals surface area contributed by atoms with Gasteiger partial charge < -0.3 is 10.2 Å². The molecule has 3 nitrogen and oxygen atoms in total. The van der Waals surface area contributed by atoms with E-state index in [1.165, 1.54) is 24.3 Å². The number of nitrogens with one attached hydrogen (secondary N) is 1. The lowest BCUT2D eigenvalue weighted by Crippen LogP contribution is -2.43. The highest BCUT2D eigenvalue weighted by Crippen LogP contribution is 2.27. The lowest BCUT2D eigenvalue weighted by molar-refractivity contribution is 0.0679. The molecule has 0 bridgehead atoms. The molecule has 0 radical (unpaired) electrons. The fourth-order valence-corrected chi connectivity index (χ4v) is 4.16. The maximum atomic E-state index is 12.4. The van der Waals surface area contributed by atoms with E-state index >= 15 is 0 Å². The van der Waals surface area contributed by atoms with Crippen molar-refractivity contribution in [2.45, 2.75) is 38.6 Å². The Balaban J connectivity index is 1.56. The molecule has 1 atom stereocenters. The molecule has 1 N–H and O–H groups in total. The molecular formula is C15H22N2OS. The van der Waals surface area contributed by atoms with E-state index < -0.39 is 0 Å². The minimum atomic E-state index is 0.232. The molecule has 19 heavy (non-hydrogen) atoms. The van der Waals surface area contributed by atoms with Crippen molar-refractivity contribution in [3.63, 3.8) is 0 Å². The standard InChI is InChI=1S/C15H22N2OS/c1-11-4-5-14(19-11)15(18)17-9-6-12(7-10-17)13-3-2-8-16-13/h4-5,12-13,16H,2-3,6-10H2,1H3. The summed E-state index contributed by atoms with van der Waals surface area (Å²) in [5.41, 5.74) is 0. The monoisotopic (exact) mass is 278 g/mol. The van der Waals surface area contributed by atoms with E-state index in [2.05, 4.69) is 12.2 Å². The predicted molar refractivity (Wildman–Crippen MR) is 78.7 cm³/mol. The summed E-state index contributed by atoms with van der Waals surface area (Å²) in [6, 6.07) is 4.71. The average Bonchev–Trinajstić information content (AvgIpc) is 3.09. The summed E-state index contributed by atoms with van der Waals surface area (Å²) in [4.78, 5) is 16.5. The largest absolute Gasteiger partial charge is 0.338 e. The quantitative estimate of drug-likeness (QED) is 0.902. The van der Waals surface area contributed by atoms with Crippen LogP contribution < -0.4 is 5.32 Å². The van der Waals surface area contributed by atoms with Crippen molar-refractivity contribution in [2.24, 2.45) is 5.92 Å². The average molecular weight is 278 g/mol. The second kappa shape index (κ2) is 5.63. The number of rotatable bonds is 2. The molecule has 0 spiro atoms. The van der Waals surface area contributed by atoms with Crippen LogP contribution in [0.4, 0.5) is 0 Å². The van der Waals surface area contributed by atoms with Gasteiger partial charge in [-0.05, 0) is 57.2 Å². The Kier molecular flexibility index (Phi) is 3.89. The lowest BCUT2D eigenvalue weighted by atomic mass is 9.88. The van der Waals surface area contributed by atoms with Crippen LogP contribution in [0.2, 0.25) is 0 Å². The molecule has 1 aromatic heterocycles. The molecule has 104 valence electrons. The first-order chi connectivity index (χ1) is 9.24. The molecule has 4 heteroatoms. The van der Waals surface area contributed by atoms with E-state index in [0.29, 0.717) is 6.04 Å². The number of likely N-dealkylation sites (tertiary alicyclic amines) is 1. The maximum absolute atomic E-state index is 12.4. The highest BCUT2D eigenvalue weighted by molar-refractivity contribution is 7.13. The Morgan fingerprint density at radius 3 is 2.68 bits per heavy atom. The number of aryl methyl sites for hydroxylation is 1. The Morgan fingerprint density at radius 2 is 2.11 bits per heavy atom. The van der Waals surface area contributed by atoms with Crippen LogP contribution in [0.5, 0.6) is 0 Å². The summed E-state index contributed by atoms with van der Waals surface area (Å²) in [7, 11) is 0. The Labute approximate surface area is 119 Å². The van der Waals surface area contributed by atoms with E-state index in [1.54, 1.807) is 11.3 Å². The highest BCUT2D eigenvalue weighted by Gasteiger charge is 2.30. The van der Waals surface area contributed by atoms with Crippen LogP contribution in [0.15, 0.2) is 12.1 Å². The summed E-state index contributed by atoms with van der Waals surface area (Å²) in [6.07, 6.45) is 4.96. The van der Waals surface area contributed by atoms with E-state index in [4.69, 9.17) is 0 Å². The van der Waals surface area contributed by atoms with Gasteiger partial charge in [0.2, 0.25) is 0 Å². The molecule has 2 saturated heterocycles. The van der Waals surface area contributed by atoms with Crippen molar-refractivity contribution in [1.29, 1.82) is 0 Å². The van der Waals surface area contributed by atoms with Crippen molar-refractivity contribution >= 4 is 17.2 Å². The fraction of sp³-hybridized carbons (Fsp3) is 0.667. The molecule has 0 aromatic carbocycles. The zero-order valence-electron chi connectivity index (χ0n) is 11.5. The first-order valence-electron chi connectivity index (χ1n) is 7.33. The Hall–Kier alpha value is -0.870. The van der Waals surface area contributed by atoms with Gasteiger partial charge in [-0.3, -0.25) is 4.79 Å². The smallest absolute Gasteiger partial charge is 0.263 e.